The number of rotatable bonds is 4. The average Bonchev–Trinajstić information content (AvgIpc) is 2.28. The molecule has 0 amide bonds. The first-order valence-corrected chi connectivity index (χ1v) is 5.30. The van der Waals surface area contributed by atoms with Gasteiger partial charge >= 0.3 is 5.69 Å². The van der Waals surface area contributed by atoms with Gasteiger partial charge in [0.05, 0.1) is 12.0 Å². The van der Waals surface area contributed by atoms with Crippen LogP contribution in [0.3, 0.4) is 0 Å². The highest BCUT2D eigenvalue weighted by atomic mass is 16.2. The van der Waals surface area contributed by atoms with Crippen LogP contribution in [0.15, 0.2) is 21.9 Å². The predicted octanol–water partition coefficient (Wildman–Crippen LogP) is 0.580. The number of nitriles is 1. The molecule has 86 valence electrons. The topological polar surface area (TPSA) is 67.8 Å². The van der Waals surface area contributed by atoms with E-state index in [4.69, 9.17) is 5.26 Å². The van der Waals surface area contributed by atoms with Gasteiger partial charge in [-0.25, -0.2) is 4.79 Å². The van der Waals surface area contributed by atoms with Gasteiger partial charge in [-0.1, -0.05) is 6.92 Å². The van der Waals surface area contributed by atoms with E-state index in [0.29, 0.717) is 6.54 Å². The lowest BCUT2D eigenvalue weighted by Crippen LogP contribution is -2.40. The molecule has 0 aliphatic carbocycles. The van der Waals surface area contributed by atoms with Crippen LogP contribution in [0.4, 0.5) is 0 Å². The number of hydrogen-bond acceptors (Lipinski definition) is 3. The second-order valence-electron chi connectivity index (χ2n) is 3.77. The molecule has 1 aromatic heterocycles. The molecule has 16 heavy (non-hydrogen) atoms. The molecule has 1 unspecified atom stereocenters. The second-order valence-corrected chi connectivity index (χ2v) is 3.77. The second kappa shape index (κ2) is 5.31. The zero-order valence-corrected chi connectivity index (χ0v) is 9.51. The zero-order valence-electron chi connectivity index (χ0n) is 9.51. The summed E-state index contributed by atoms with van der Waals surface area (Å²) >= 11 is 0. The minimum atomic E-state index is -0.348. The monoisotopic (exact) mass is 221 g/mol. The summed E-state index contributed by atoms with van der Waals surface area (Å²) in [6.45, 7) is 4.38. The van der Waals surface area contributed by atoms with Gasteiger partial charge in [0.2, 0.25) is 0 Å². The molecule has 1 atom stereocenters. The minimum absolute atomic E-state index is 0.152. The fourth-order valence-corrected chi connectivity index (χ4v) is 1.45. The summed E-state index contributed by atoms with van der Waals surface area (Å²) in [6, 6.07) is 3.37. The summed E-state index contributed by atoms with van der Waals surface area (Å²) in [4.78, 5) is 23.3. The lowest BCUT2D eigenvalue weighted by atomic mass is 10.2. The van der Waals surface area contributed by atoms with E-state index in [1.807, 2.05) is 13.0 Å². The molecule has 5 heteroatoms. The fourth-order valence-electron chi connectivity index (χ4n) is 1.45. The highest BCUT2D eigenvalue weighted by Gasteiger charge is 2.08. The average molecular weight is 221 g/mol. The van der Waals surface area contributed by atoms with Crippen LogP contribution >= 0.6 is 0 Å². The van der Waals surface area contributed by atoms with E-state index in [0.717, 1.165) is 11.0 Å². The van der Waals surface area contributed by atoms with Crippen molar-refractivity contribution < 1.29 is 0 Å². The molecule has 0 N–H and O–H groups in total. The van der Waals surface area contributed by atoms with Crippen molar-refractivity contribution in [2.75, 3.05) is 0 Å². The molecule has 0 saturated heterocycles. The number of nitrogens with zero attached hydrogens (tertiary/aromatic N) is 3. The van der Waals surface area contributed by atoms with Crippen LogP contribution in [-0.4, -0.2) is 9.13 Å². The normalized spacial score (nSPS) is 12.1. The summed E-state index contributed by atoms with van der Waals surface area (Å²) in [5.74, 6) is -0.345. The highest BCUT2D eigenvalue weighted by Crippen LogP contribution is 1.93. The van der Waals surface area contributed by atoms with E-state index in [9.17, 15) is 9.59 Å². The van der Waals surface area contributed by atoms with Gasteiger partial charge in [0.1, 0.15) is 0 Å². The lowest BCUT2D eigenvalue weighted by molar-refractivity contribution is 0.499. The maximum absolute atomic E-state index is 11.8. The van der Waals surface area contributed by atoms with Gasteiger partial charge in [0.15, 0.2) is 0 Å². The van der Waals surface area contributed by atoms with Gasteiger partial charge in [0.25, 0.3) is 5.56 Å². The summed E-state index contributed by atoms with van der Waals surface area (Å²) < 4.78 is 2.61. The zero-order chi connectivity index (χ0) is 12.1. The third-order valence-corrected chi connectivity index (χ3v) is 2.28. The van der Waals surface area contributed by atoms with Gasteiger partial charge in [-0.2, -0.15) is 5.26 Å². The van der Waals surface area contributed by atoms with Crippen LogP contribution in [0, 0.1) is 17.2 Å². The van der Waals surface area contributed by atoms with E-state index >= 15 is 0 Å². The Labute approximate surface area is 93.6 Å². The first kappa shape index (κ1) is 12.2. The van der Waals surface area contributed by atoms with Crippen LogP contribution in [0.25, 0.3) is 0 Å². The molecule has 0 aliphatic rings. The molecule has 5 nitrogen and oxygen atoms in total. The fraction of sp³-hybridized carbons (Fsp3) is 0.545. The van der Waals surface area contributed by atoms with E-state index in [2.05, 4.69) is 0 Å². The molecule has 0 aliphatic heterocycles. The summed E-state index contributed by atoms with van der Waals surface area (Å²) in [6.07, 6.45) is 2.33. The van der Waals surface area contributed by atoms with Gasteiger partial charge in [0, 0.05) is 25.4 Å². The third kappa shape index (κ3) is 2.60. The number of aromatic nitrogens is 2. The highest BCUT2D eigenvalue weighted by molar-refractivity contribution is 4.89. The first-order chi connectivity index (χ1) is 7.60. The number of hydrogen-bond donors (Lipinski definition) is 0. The van der Waals surface area contributed by atoms with Crippen LogP contribution in [0.2, 0.25) is 0 Å². The Balaban J connectivity index is 3.17. The molecule has 1 aromatic rings. The maximum atomic E-state index is 11.8. The Morgan fingerprint density at radius 2 is 2.19 bits per heavy atom. The number of aryl methyl sites for hydroxylation is 1. The quantitative estimate of drug-likeness (QED) is 0.746. The maximum Gasteiger partial charge on any atom is 0.330 e. The Morgan fingerprint density at radius 3 is 2.75 bits per heavy atom. The van der Waals surface area contributed by atoms with Gasteiger partial charge < -0.3 is 4.57 Å². The molecular formula is C11H15N3O2. The van der Waals surface area contributed by atoms with Crippen LogP contribution in [-0.2, 0) is 13.1 Å². The Morgan fingerprint density at radius 1 is 1.50 bits per heavy atom. The SMILES string of the molecule is CCCn1ccc(=O)n(CC(C)C#N)c1=O. The van der Waals surface area contributed by atoms with Gasteiger partial charge in [-0.3, -0.25) is 9.36 Å². The van der Waals surface area contributed by atoms with Crippen molar-refractivity contribution in [1.82, 2.24) is 9.13 Å². The van der Waals surface area contributed by atoms with Crippen molar-refractivity contribution in [1.29, 1.82) is 5.26 Å². The van der Waals surface area contributed by atoms with E-state index in [-0.39, 0.29) is 23.7 Å². The van der Waals surface area contributed by atoms with E-state index in [1.165, 1.54) is 16.8 Å². The Kier molecular flexibility index (Phi) is 4.06. The molecule has 0 spiro atoms. The lowest BCUT2D eigenvalue weighted by Gasteiger charge is -2.09. The van der Waals surface area contributed by atoms with Crippen molar-refractivity contribution in [2.45, 2.75) is 33.4 Å². The third-order valence-electron chi connectivity index (χ3n) is 2.28. The van der Waals surface area contributed by atoms with Crippen molar-refractivity contribution in [3.8, 4) is 6.07 Å². The summed E-state index contributed by atoms with van der Waals surface area (Å²) in [7, 11) is 0. The van der Waals surface area contributed by atoms with Crippen molar-refractivity contribution in [3.05, 3.63) is 33.1 Å². The van der Waals surface area contributed by atoms with Crippen LogP contribution < -0.4 is 11.2 Å². The van der Waals surface area contributed by atoms with Crippen molar-refractivity contribution >= 4 is 0 Å². The molecule has 0 bridgehead atoms. The molecule has 0 aromatic carbocycles. The van der Waals surface area contributed by atoms with E-state index in [1.54, 1.807) is 6.92 Å². The summed E-state index contributed by atoms with van der Waals surface area (Å²) in [5, 5.41) is 8.68. The van der Waals surface area contributed by atoms with Crippen LogP contribution in [0.1, 0.15) is 20.3 Å². The molecule has 0 radical (unpaired) electrons. The van der Waals surface area contributed by atoms with Gasteiger partial charge in [-0.05, 0) is 13.3 Å². The molecule has 1 heterocycles. The van der Waals surface area contributed by atoms with Crippen molar-refractivity contribution in [2.24, 2.45) is 5.92 Å². The standard InChI is InChI=1S/C11H15N3O2/c1-3-5-13-6-4-10(15)14(11(13)16)8-9(2)7-12/h4,6,9H,3,5,8H2,1-2H3. The minimum Gasteiger partial charge on any atom is -0.300 e. The molecular weight excluding hydrogens is 206 g/mol. The summed E-state index contributed by atoms with van der Waals surface area (Å²) in [5.41, 5.74) is -0.684. The smallest absolute Gasteiger partial charge is 0.300 e. The largest absolute Gasteiger partial charge is 0.330 e. The van der Waals surface area contributed by atoms with Gasteiger partial charge in [-0.15, -0.1) is 0 Å². The molecule has 0 fully saturated rings. The van der Waals surface area contributed by atoms with Crippen molar-refractivity contribution in [3.63, 3.8) is 0 Å². The molecule has 1 rings (SSSR count). The molecule has 0 saturated carbocycles. The Hall–Kier alpha value is -1.83. The Bertz CT molecular complexity index is 507. The van der Waals surface area contributed by atoms with E-state index < -0.39 is 0 Å². The first-order valence-electron chi connectivity index (χ1n) is 5.30. The van der Waals surface area contributed by atoms with Crippen LogP contribution in [0.5, 0.6) is 0 Å². The predicted molar refractivity (Wildman–Crippen MR) is 60.0 cm³/mol.